The molecule has 0 saturated carbocycles. The first kappa shape index (κ1) is 67.6. The van der Waals surface area contributed by atoms with Gasteiger partial charge in [-0.25, -0.2) is 23.8 Å². The lowest BCUT2D eigenvalue weighted by atomic mass is 10.0. The van der Waals surface area contributed by atoms with Crippen LogP contribution in [0.4, 0.5) is 25.4 Å². The topological polar surface area (TPSA) is 368 Å². The molecule has 6 aromatic rings. The summed E-state index contributed by atoms with van der Waals surface area (Å²) in [5.74, 6) is -3.62. The molecule has 3 aromatic carbocycles. The maximum Gasteiger partial charge on any atom is 0.407 e. The van der Waals surface area contributed by atoms with Crippen LogP contribution >= 0.6 is 0 Å². The van der Waals surface area contributed by atoms with Crippen LogP contribution < -0.4 is 42.4 Å². The molecule has 1 unspecified atom stereocenters. The van der Waals surface area contributed by atoms with Crippen LogP contribution in [0.5, 0.6) is 5.75 Å². The van der Waals surface area contributed by atoms with E-state index in [0.717, 1.165) is 27.6 Å². The number of anilines is 2. The van der Waals surface area contributed by atoms with E-state index in [0.29, 0.717) is 65.2 Å². The SMILES string of the molecule is Cc1cccc(-c2nc(CNc3cc(C(=O)O)ccc3F)[nH]c2-c2ccc3ncc(OCCNC(=O)OCc4ccc(NC(=O)[C@H](CCCNC(N)=O)NC(=O)C(NC(=O)CCOCCOCCOCCOCCN5C(=O)C=CC5=O)C(C)C)cc4)cc3c2)n1. The van der Waals surface area contributed by atoms with Crippen molar-refractivity contribution in [2.45, 2.75) is 65.3 Å². The number of carbonyl (C=O) groups is 8. The van der Waals surface area contributed by atoms with Gasteiger partial charge in [0.15, 0.2) is 0 Å². The van der Waals surface area contributed by atoms with Gasteiger partial charge in [0.2, 0.25) is 17.7 Å². The van der Waals surface area contributed by atoms with Crippen LogP contribution in [-0.2, 0) is 60.8 Å². The van der Waals surface area contributed by atoms with Crippen LogP contribution in [0.15, 0.2) is 103 Å². The van der Waals surface area contributed by atoms with Crippen LogP contribution in [-0.4, -0.2) is 169 Å². The van der Waals surface area contributed by atoms with Gasteiger partial charge in [-0.3, -0.25) is 38.8 Å². The molecule has 90 heavy (non-hydrogen) atoms. The highest BCUT2D eigenvalue weighted by atomic mass is 19.1. The fraction of sp³-hybridized carbons (Fsp3) is 0.371. The highest BCUT2D eigenvalue weighted by Gasteiger charge is 2.29. The number of hydrogen-bond acceptors (Lipinski definition) is 18. The number of nitrogens with two attached hydrogens (primary N) is 1. The Morgan fingerprint density at radius 2 is 1.48 bits per heavy atom. The normalized spacial score (nSPS) is 12.6. The van der Waals surface area contributed by atoms with Crippen molar-refractivity contribution in [1.82, 2.24) is 46.1 Å². The van der Waals surface area contributed by atoms with E-state index in [9.17, 15) is 47.9 Å². The number of aromatic amines is 1. The number of primary amides is 1. The summed E-state index contributed by atoms with van der Waals surface area (Å²) in [7, 11) is 0. The van der Waals surface area contributed by atoms with Gasteiger partial charge in [0.05, 0.1) is 107 Å². The number of carboxylic acids is 1. The van der Waals surface area contributed by atoms with Crippen LogP contribution in [0.1, 0.15) is 60.5 Å². The van der Waals surface area contributed by atoms with Crippen molar-refractivity contribution in [2.75, 3.05) is 89.7 Å². The maximum absolute atomic E-state index is 14.7. The summed E-state index contributed by atoms with van der Waals surface area (Å²) in [5, 5.41) is 26.5. The fourth-order valence-electron chi connectivity index (χ4n) is 8.89. The Morgan fingerprint density at radius 1 is 0.767 bits per heavy atom. The highest BCUT2D eigenvalue weighted by Crippen LogP contribution is 2.32. The summed E-state index contributed by atoms with van der Waals surface area (Å²) in [6.45, 7) is 7.65. The Morgan fingerprint density at radius 3 is 2.17 bits per heavy atom. The summed E-state index contributed by atoms with van der Waals surface area (Å²) in [6, 6.07) is 20.2. The zero-order valence-corrected chi connectivity index (χ0v) is 50.0. The average molecular weight is 1250 g/mol. The number of benzene rings is 3. The van der Waals surface area contributed by atoms with Crippen LogP contribution in [0.25, 0.3) is 33.5 Å². The van der Waals surface area contributed by atoms with Gasteiger partial charge in [-0.2, -0.15) is 0 Å². The minimum absolute atomic E-state index is 0.00677. The number of aromatic nitrogens is 4. The van der Waals surface area contributed by atoms with Crippen molar-refractivity contribution in [3.8, 4) is 28.4 Å². The van der Waals surface area contributed by atoms with E-state index in [-0.39, 0.29) is 121 Å². The lowest BCUT2D eigenvalue weighted by molar-refractivity contribution is -0.137. The van der Waals surface area contributed by atoms with Gasteiger partial charge in [-0.15, -0.1) is 0 Å². The van der Waals surface area contributed by atoms with E-state index in [4.69, 9.17) is 39.1 Å². The zero-order chi connectivity index (χ0) is 64.4. The molecule has 0 saturated heterocycles. The van der Waals surface area contributed by atoms with Crippen molar-refractivity contribution in [3.63, 3.8) is 0 Å². The smallest absolute Gasteiger partial charge is 0.407 e. The van der Waals surface area contributed by atoms with E-state index in [1.165, 1.54) is 24.3 Å². The largest absolute Gasteiger partial charge is 0.490 e. The number of aromatic carboxylic acids is 1. The number of nitrogens with one attached hydrogen (secondary N) is 7. The number of carbonyl (C=O) groups excluding carboxylic acids is 7. The number of imidazole rings is 1. The van der Waals surface area contributed by atoms with Gasteiger partial charge < -0.3 is 76.1 Å². The minimum atomic E-state index is -1.19. The molecule has 7 rings (SSSR count). The molecule has 28 heteroatoms. The molecule has 0 spiro atoms. The molecule has 1 aliphatic heterocycles. The van der Waals surface area contributed by atoms with Crippen LogP contribution in [0.2, 0.25) is 0 Å². The van der Waals surface area contributed by atoms with Crippen molar-refractivity contribution in [3.05, 3.63) is 132 Å². The number of halogens is 1. The molecule has 4 heterocycles. The lowest BCUT2D eigenvalue weighted by Gasteiger charge is -2.25. The molecule has 8 amide bonds. The number of H-pyrrole nitrogens is 1. The maximum atomic E-state index is 14.7. The third kappa shape index (κ3) is 21.5. The number of ether oxygens (including phenoxy) is 6. The molecule has 2 atom stereocenters. The summed E-state index contributed by atoms with van der Waals surface area (Å²) >= 11 is 0. The second-order valence-electron chi connectivity index (χ2n) is 20.7. The first-order valence-electron chi connectivity index (χ1n) is 29.0. The first-order valence-corrected chi connectivity index (χ1v) is 29.0. The minimum Gasteiger partial charge on any atom is -0.490 e. The quantitative estimate of drug-likeness (QED) is 0.0180. The Kier molecular flexibility index (Phi) is 26.0. The van der Waals surface area contributed by atoms with Gasteiger partial charge in [-0.1, -0.05) is 38.1 Å². The Balaban J connectivity index is 0.815. The molecular weight excluding hydrogens is 1170 g/mol. The van der Waals surface area contributed by atoms with E-state index in [1.807, 2.05) is 43.3 Å². The summed E-state index contributed by atoms with van der Waals surface area (Å²) < 4.78 is 47.9. The number of aryl methyl sites for hydroxylation is 1. The molecule has 1 aliphatic rings. The first-order chi connectivity index (χ1) is 43.4. The number of nitrogens with zero attached hydrogens (tertiary/aromatic N) is 4. The predicted octanol–water partition coefficient (Wildman–Crippen LogP) is 5.14. The van der Waals surface area contributed by atoms with Crippen molar-refractivity contribution >= 4 is 69.9 Å². The Labute approximate surface area is 517 Å². The highest BCUT2D eigenvalue weighted by molar-refractivity contribution is 6.12. The summed E-state index contributed by atoms with van der Waals surface area (Å²) in [6.07, 6.45) is 3.63. The molecular formula is C62H73FN12O15. The summed E-state index contributed by atoms with van der Waals surface area (Å²) in [5.41, 5.74) is 10.1. The van der Waals surface area contributed by atoms with Gasteiger partial charge >= 0.3 is 18.1 Å². The van der Waals surface area contributed by atoms with E-state index in [1.54, 1.807) is 50.4 Å². The standard InChI is InChI=1S/C62H73FN12O15/c1-38(2)55(74-52(76)19-23-85-26-28-87-30-31-88-29-27-86-25-22-75-53(77)17-18-54(75)78)59(80)71-49(8-5-20-65-61(64)83)58(79)70-44-13-9-40(10-14-44)37-90-62(84)66-21-24-89-45-33-43-32-41(12-16-47(43)67-35-45)56-57(48-7-4-6-39(3)69-48)73-51(72-56)36-68-50-34-42(60(81)82)11-15-46(50)63/h4,6-7,9-18,32-35,38,49,55,68H,5,8,19-31,36-37H2,1-3H3,(H,66,84)(H,70,79)(H,71,80)(H,72,73)(H,74,76)(H,81,82)(H3,64,65,83)/t49-,55?/m0/s1. The number of urea groups is 1. The van der Waals surface area contributed by atoms with E-state index in [2.05, 4.69) is 46.9 Å². The Bertz CT molecular complexity index is 3470. The average Bonchev–Trinajstić information content (AvgIpc) is 1.61. The number of carboxylic acid groups (broad SMARTS) is 1. The zero-order valence-electron chi connectivity index (χ0n) is 50.0. The van der Waals surface area contributed by atoms with Gasteiger partial charge in [0.1, 0.15) is 48.4 Å². The summed E-state index contributed by atoms with van der Waals surface area (Å²) in [4.78, 5) is 117. The van der Waals surface area contributed by atoms with E-state index >= 15 is 0 Å². The molecule has 0 aliphatic carbocycles. The van der Waals surface area contributed by atoms with Crippen LogP contribution in [0, 0.1) is 18.7 Å². The van der Waals surface area contributed by atoms with Crippen molar-refractivity contribution in [1.29, 1.82) is 0 Å². The molecule has 0 fully saturated rings. The van der Waals surface area contributed by atoms with Crippen molar-refractivity contribution in [2.24, 2.45) is 11.7 Å². The van der Waals surface area contributed by atoms with Crippen LogP contribution in [0.3, 0.4) is 0 Å². The second kappa shape index (κ2) is 34.6. The third-order valence-corrected chi connectivity index (χ3v) is 13.5. The number of pyridine rings is 2. The monoisotopic (exact) mass is 1240 g/mol. The van der Waals surface area contributed by atoms with E-state index < -0.39 is 53.7 Å². The molecule has 3 aromatic heterocycles. The number of imide groups is 1. The second-order valence-corrected chi connectivity index (χ2v) is 20.7. The fourth-order valence-corrected chi connectivity index (χ4v) is 8.89. The molecule has 27 nitrogen and oxygen atoms in total. The Hall–Kier alpha value is -9.90. The number of alkyl carbamates (subject to hydrolysis) is 1. The third-order valence-electron chi connectivity index (χ3n) is 13.5. The molecule has 0 bridgehead atoms. The van der Waals surface area contributed by atoms with Crippen molar-refractivity contribution < 1.29 is 76.3 Å². The molecule has 10 N–H and O–H groups in total. The number of fused-ring (bicyclic) bond motifs is 1. The van der Waals surface area contributed by atoms with Gasteiger partial charge in [-0.05, 0) is 91.9 Å². The predicted molar refractivity (Wildman–Crippen MR) is 326 cm³/mol. The lowest BCUT2D eigenvalue weighted by Crippen LogP contribution is -2.54. The van der Waals surface area contributed by atoms with Gasteiger partial charge in [0.25, 0.3) is 11.8 Å². The number of amides is 8. The number of hydrogen-bond donors (Lipinski definition) is 9. The van der Waals surface area contributed by atoms with Gasteiger partial charge in [0, 0.05) is 47.4 Å². The molecule has 478 valence electrons. The molecule has 0 radical (unpaired) electrons. The number of rotatable bonds is 37.